The Kier molecular flexibility index (Phi) is 6.65. The van der Waals surface area contributed by atoms with Crippen LogP contribution < -0.4 is 4.90 Å². The zero-order chi connectivity index (χ0) is 27.3. The second kappa shape index (κ2) is 10.1. The average molecular weight is 529 g/mol. The van der Waals surface area contributed by atoms with Crippen LogP contribution in [0.1, 0.15) is 79.3 Å². The molecule has 0 N–H and O–H groups in total. The molecular formula is C31H36N4O4. The van der Waals surface area contributed by atoms with Crippen LogP contribution in [0.5, 0.6) is 0 Å². The van der Waals surface area contributed by atoms with Gasteiger partial charge in [0.05, 0.1) is 30.4 Å². The van der Waals surface area contributed by atoms with Crippen LogP contribution in [0.4, 0.5) is 10.5 Å². The van der Waals surface area contributed by atoms with E-state index in [0.717, 1.165) is 84.2 Å². The average Bonchev–Trinajstić information content (AvgIpc) is 3.32. The minimum Gasteiger partial charge on any atom is -0.452 e. The number of imidazole rings is 1. The Hall–Kier alpha value is -3.68. The molecule has 3 atom stereocenters. The van der Waals surface area contributed by atoms with Gasteiger partial charge in [-0.3, -0.25) is 14.5 Å². The number of methoxy groups -OCH3 is 1. The quantitative estimate of drug-likeness (QED) is 0.449. The van der Waals surface area contributed by atoms with Crippen LogP contribution >= 0.6 is 0 Å². The van der Waals surface area contributed by atoms with Crippen LogP contribution in [-0.4, -0.2) is 51.9 Å². The van der Waals surface area contributed by atoms with Gasteiger partial charge in [-0.2, -0.15) is 0 Å². The molecule has 0 spiro atoms. The molecule has 0 radical (unpaired) electrons. The first-order valence-electron chi connectivity index (χ1n) is 14.1. The van der Waals surface area contributed by atoms with Gasteiger partial charge in [0, 0.05) is 35.7 Å². The molecule has 8 heteroatoms. The predicted molar refractivity (Wildman–Crippen MR) is 149 cm³/mol. The molecule has 1 aromatic heterocycles. The maximum atomic E-state index is 13.5. The van der Waals surface area contributed by atoms with E-state index in [4.69, 9.17) is 9.72 Å². The van der Waals surface area contributed by atoms with Crippen molar-refractivity contribution in [2.75, 3.05) is 18.6 Å². The second-order valence-electron chi connectivity index (χ2n) is 11.3. The number of Topliss-reactive ketones (excluding diaryl/α,β-unsaturated/α-hetero) is 1. The lowest BCUT2D eigenvalue weighted by Crippen LogP contribution is -2.42. The van der Waals surface area contributed by atoms with E-state index in [1.807, 2.05) is 42.2 Å². The number of carbonyl (C=O) groups excluding carboxylic acids is 3. The molecule has 0 bridgehead atoms. The molecule has 204 valence electrons. The SMILES string of the molecule is COC(=O)N1c2ccc3c(nc(CN4CCc5ccccc5C4=O)n3[C@@H]3CCC[C@@H](C(C)=O)C3)c2CC[C@@H]1C. The Balaban J connectivity index is 1.45. The van der Waals surface area contributed by atoms with Gasteiger partial charge >= 0.3 is 6.09 Å². The first kappa shape index (κ1) is 25.6. The summed E-state index contributed by atoms with van der Waals surface area (Å²) in [4.78, 5) is 47.4. The van der Waals surface area contributed by atoms with E-state index in [-0.39, 0.29) is 35.8 Å². The Bertz CT molecular complexity index is 1460. The normalized spacial score (nSPS) is 22.9. The lowest BCUT2D eigenvalue weighted by molar-refractivity contribution is -0.122. The molecule has 6 rings (SSSR count). The van der Waals surface area contributed by atoms with Crippen LogP contribution in [0, 0.1) is 5.92 Å². The third kappa shape index (κ3) is 4.39. The Morgan fingerprint density at radius 2 is 1.90 bits per heavy atom. The number of rotatable bonds is 4. The molecule has 0 unspecified atom stereocenters. The van der Waals surface area contributed by atoms with Gasteiger partial charge in [-0.05, 0) is 76.1 Å². The molecule has 3 aliphatic rings. The summed E-state index contributed by atoms with van der Waals surface area (Å²) in [5.41, 5.74) is 5.65. The molecule has 39 heavy (non-hydrogen) atoms. The van der Waals surface area contributed by atoms with E-state index >= 15 is 0 Å². The number of benzene rings is 2. The van der Waals surface area contributed by atoms with Crippen molar-refractivity contribution in [2.24, 2.45) is 5.92 Å². The first-order chi connectivity index (χ1) is 18.9. The molecule has 3 aromatic rings. The predicted octanol–water partition coefficient (Wildman–Crippen LogP) is 5.46. The molecular weight excluding hydrogens is 492 g/mol. The van der Waals surface area contributed by atoms with Gasteiger partial charge < -0.3 is 14.2 Å². The van der Waals surface area contributed by atoms with Crippen LogP contribution in [-0.2, 0) is 28.9 Å². The smallest absolute Gasteiger partial charge is 0.414 e. The third-order valence-electron chi connectivity index (χ3n) is 9.00. The van der Waals surface area contributed by atoms with E-state index < -0.39 is 0 Å². The summed E-state index contributed by atoms with van der Waals surface area (Å²) >= 11 is 0. The topological polar surface area (TPSA) is 84.7 Å². The van der Waals surface area contributed by atoms with Crippen LogP contribution in [0.15, 0.2) is 36.4 Å². The summed E-state index contributed by atoms with van der Waals surface area (Å²) in [5.74, 6) is 1.18. The summed E-state index contributed by atoms with van der Waals surface area (Å²) in [5, 5.41) is 0. The van der Waals surface area contributed by atoms with Crippen LogP contribution in [0.2, 0.25) is 0 Å². The fourth-order valence-electron chi connectivity index (χ4n) is 6.91. The largest absolute Gasteiger partial charge is 0.452 e. The molecule has 2 aliphatic heterocycles. The molecule has 1 saturated carbocycles. The molecule has 2 aromatic carbocycles. The third-order valence-corrected chi connectivity index (χ3v) is 9.00. The lowest BCUT2D eigenvalue weighted by atomic mass is 9.83. The van der Waals surface area contributed by atoms with Gasteiger partial charge in [-0.25, -0.2) is 9.78 Å². The summed E-state index contributed by atoms with van der Waals surface area (Å²) in [6, 6.07) is 12.1. The number of anilines is 1. The van der Waals surface area contributed by atoms with Crippen molar-refractivity contribution in [2.45, 2.75) is 77.4 Å². The highest BCUT2D eigenvalue weighted by molar-refractivity contribution is 5.97. The minimum absolute atomic E-state index is 0.0321. The number of ketones is 1. The number of carbonyl (C=O) groups is 3. The summed E-state index contributed by atoms with van der Waals surface area (Å²) in [7, 11) is 1.41. The Morgan fingerprint density at radius 3 is 2.69 bits per heavy atom. The van der Waals surface area contributed by atoms with Crippen LogP contribution in [0.25, 0.3) is 11.0 Å². The minimum atomic E-state index is -0.364. The van der Waals surface area contributed by atoms with Crippen LogP contribution in [0.3, 0.4) is 0 Å². The van der Waals surface area contributed by atoms with Crippen molar-refractivity contribution in [3.63, 3.8) is 0 Å². The number of amides is 2. The maximum absolute atomic E-state index is 13.5. The summed E-state index contributed by atoms with van der Waals surface area (Å²) < 4.78 is 7.42. The highest BCUT2D eigenvalue weighted by Crippen LogP contribution is 2.41. The Labute approximate surface area is 228 Å². The van der Waals surface area contributed by atoms with Gasteiger partial charge in [0.2, 0.25) is 0 Å². The summed E-state index contributed by atoms with van der Waals surface area (Å²) in [6.45, 7) is 4.79. The number of fused-ring (bicyclic) bond motifs is 4. The number of nitrogens with zero attached hydrogens (tertiary/aromatic N) is 4. The fourth-order valence-corrected chi connectivity index (χ4v) is 6.91. The van der Waals surface area contributed by atoms with E-state index in [2.05, 4.69) is 10.6 Å². The number of aryl methyl sites for hydroxylation is 1. The number of ether oxygens (including phenoxy) is 1. The number of hydrogen-bond acceptors (Lipinski definition) is 5. The molecule has 3 heterocycles. The molecule has 2 amide bonds. The highest BCUT2D eigenvalue weighted by atomic mass is 16.5. The van der Waals surface area contributed by atoms with Crippen molar-refractivity contribution in [1.29, 1.82) is 0 Å². The van der Waals surface area contributed by atoms with E-state index in [0.29, 0.717) is 13.1 Å². The molecule has 8 nitrogen and oxygen atoms in total. The fraction of sp³-hybridized carbons (Fsp3) is 0.484. The lowest BCUT2D eigenvalue weighted by Gasteiger charge is -2.34. The van der Waals surface area contributed by atoms with Crippen molar-refractivity contribution >= 4 is 34.5 Å². The van der Waals surface area contributed by atoms with E-state index in [1.54, 1.807) is 11.8 Å². The standard InChI is InChI=1S/C31H36N4O4/c1-19-11-12-25-26(34(19)31(38)39-3)13-14-27-29(25)32-28(35(27)23-9-6-8-22(17-23)20(2)36)18-33-16-15-21-7-4-5-10-24(21)30(33)37/h4-5,7,10,13-14,19,22-23H,6,8-9,11-12,15-18H2,1-3H3/t19-,22+,23+/m0/s1. The van der Waals surface area contributed by atoms with Crippen molar-refractivity contribution in [3.05, 3.63) is 58.9 Å². The number of hydrogen-bond donors (Lipinski definition) is 0. The van der Waals surface area contributed by atoms with Gasteiger partial charge in [-0.1, -0.05) is 24.6 Å². The monoisotopic (exact) mass is 528 g/mol. The van der Waals surface area contributed by atoms with Gasteiger partial charge in [-0.15, -0.1) is 0 Å². The zero-order valence-electron chi connectivity index (χ0n) is 23.0. The highest BCUT2D eigenvalue weighted by Gasteiger charge is 2.34. The molecule has 1 fully saturated rings. The second-order valence-corrected chi connectivity index (χ2v) is 11.3. The van der Waals surface area contributed by atoms with Gasteiger partial charge in [0.25, 0.3) is 5.91 Å². The van der Waals surface area contributed by atoms with E-state index in [9.17, 15) is 14.4 Å². The Morgan fingerprint density at radius 1 is 1.08 bits per heavy atom. The van der Waals surface area contributed by atoms with E-state index in [1.165, 1.54) is 7.11 Å². The molecule has 0 saturated heterocycles. The number of aromatic nitrogens is 2. The van der Waals surface area contributed by atoms with Crippen molar-refractivity contribution in [3.8, 4) is 0 Å². The van der Waals surface area contributed by atoms with Crippen molar-refractivity contribution in [1.82, 2.24) is 14.5 Å². The first-order valence-corrected chi connectivity index (χ1v) is 14.1. The van der Waals surface area contributed by atoms with Gasteiger partial charge in [0.1, 0.15) is 11.6 Å². The van der Waals surface area contributed by atoms with Gasteiger partial charge in [0.15, 0.2) is 0 Å². The maximum Gasteiger partial charge on any atom is 0.414 e. The summed E-state index contributed by atoms with van der Waals surface area (Å²) in [6.07, 6.45) is 5.76. The molecule has 1 aliphatic carbocycles. The zero-order valence-corrected chi connectivity index (χ0v) is 23.0. The van der Waals surface area contributed by atoms with Crippen molar-refractivity contribution < 1.29 is 19.1 Å².